The summed E-state index contributed by atoms with van der Waals surface area (Å²) in [5.74, 6) is -0.505. The number of fused-ring (bicyclic) bond motifs is 1. The van der Waals surface area contributed by atoms with Gasteiger partial charge in [0.1, 0.15) is 0 Å². The molecule has 156 valence electrons. The number of aryl methyl sites for hydroxylation is 1. The molecule has 0 radical (unpaired) electrons. The average Bonchev–Trinajstić information content (AvgIpc) is 3.42. The molecule has 11 heteroatoms. The third-order valence-corrected chi connectivity index (χ3v) is 5.69. The SMILES string of the molecule is Cc1c(CN(C)C(=O)c2cc3nc(-c4cccs4)cc(C(F)(F)F)n3n2)cnn1C. The summed E-state index contributed by atoms with van der Waals surface area (Å²) >= 11 is 1.28. The van der Waals surface area contributed by atoms with E-state index in [1.165, 1.54) is 22.3 Å². The molecule has 0 aliphatic heterocycles. The van der Waals surface area contributed by atoms with E-state index < -0.39 is 17.8 Å². The Morgan fingerprint density at radius 2 is 2.07 bits per heavy atom. The Morgan fingerprint density at radius 3 is 2.67 bits per heavy atom. The van der Waals surface area contributed by atoms with Crippen molar-refractivity contribution >= 4 is 22.9 Å². The van der Waals surface area contributed by atoms with Gasteiger partial charge in [-0.1, -0.05) is 6.07 Å². The van der Waals surface area contributed by atoms with E-state index >= 15 is 0 Å². The van der Waals surface area contributed by atoms with Crippen LogP contribution in [0.1, 0.15) is 27.4 Å². The Labute approximate surface area is 173 Å². The van der Waals surface area contributed by atoms with Crippen molar-refractivity contribution in [2.45, 2.75) is 19.6 Å². The van der Waals surface area contributed by atoms with Crippen LogP contribution in [-0.4, -0.2) is 42.2 Å². The monoisotopic (exact) mass is 434 g/mol. The van der Waals surface area contributed by atoms with Crippen LogP contribution in [0.5, 0.6) is 0 Å². The average molecular weight is 434 g/mol. The van der Waals surface area contributed by atoms with Gasteiger partial charge in [-0.05, 0) is 24.4 Å². The molecule has 0 bridgehead atoms. The molecule has 4 aromatic heterocycles. The quantitative estimate of drug-likeness (QED) is 0.490. The van der Waals surface area contributed by atoms with E-state index in [9.17, 15) is 18.0 Å². The summed E-state index contributed by atoms with van der Waals surface area (Å²) < 4.78 is 43.3. The number of amides is 1. The minimum Gasteiger partial charge on any atom is -0.336 e. The molecule has 0 N–H and O–H groups in total. The van der Waals surface area contributed by atoms with E-state index in [1.807, 2.05) is 6.92 Å². The van der Waals surface area contributed by atoms with E-state index in [-0.39, 0.29) is 23.6 Å². The van der Waals surface area contributed by atoms with Gasteiger partial charge in [-0.15, -0.1) is 11.3 Å². The Morgan fingerprint density at radius 1 is 1.30 bits per heavy atom. The molecular weight excluding hydrogens is 417 g/mol. The standard InChI is InChI=1S/C19H17F3N6OS/c1-11-12(9-23-27(11)3)10-26(2)18(29)14-8-17-24-13(15-5-4-6-30-15)7-16(19(20,21)22)28(17)25-14/h4-9H,10H2,1-3H3. The second kappa shape index (κ2) is 7.24. The number of thiophene rings is 1. The first-order valence-corrected chi connectivity index (χ1v) is 9.78. The van der Waals surface area contributed by atoms with Crippen molar-refractivity contribution in [3.8, 4) is 10.6 Å². The highest BCUT2D eigenvalue weighted by molar-refractivity contribution is 7.13. The first-order valence-electron chi connectivity index (χ1n) is 8.90. The minimum absolute atomic E-state index is 0.0393. The fourth-order valence-electron chi connectivity index (χ4n) is 3.05. The van der Waals surface area contributed by atoms with Gasteiger partial charge in [0.25, 0.3) is 5.91 Å². The normalized spacial score (nSPS) is 11.9. The lowest BCUT2D eigenvalue weighted by Gasteiger charge is -2.15. The molecule has 4 rings (SSSR count). The zero-order valence-electron chi connectivity index (χ0n) is 16.3. The summed E-state index contributed by atoms with van der Waals surface area (Å²) in [5.41, 5.74) is 0.782. The van der Waals surface area contributed by atoms with E-state index in [0.717, 1.165) is 17.3 Å². The molecule has 0 aliphatic carbocycles. The number of aromatic nitrogens is 5. The number of carbonyl (C=O) groups is 1. The first kappa shape index (κ1) is 20.1. The molecule has 4 aromatic rings. The van der Waals surface area contributed by atoms with Gasteiger partial charge in [-0.25, -0.2) is 9.50 Å². The minimum atomic E-state index is -4.65. The molecule has 0 saturated carbocycles. The fourth-order valence-corrected chi connectivity index (χ4v) is 3.74. The maximum absolute atomic E-state index is 13.7. The number of rotatable bonds is 4. The second-order valence-corrected chi connectivity index (χ2v) is 7.79. The van der Waals surface area contributed by atoms with Crippen molar-refractivity contribution in [1.29, 1.82) is 0 Å². The van der Waals surface area contributed by atoms with Crippen LogP contribution in [0.2, 0.25) is 0 Å². The highest BCUT2D eigenvalue weighted by Gasteiger charge is 2.36. The number of hydrogen-bond donors (Lipinski definition) is 0. The van der Waals surface area contributed by atoms with Crippen LogP contribution in [0.4, 0.5) is 13.2 Å². The molecule has 7 nitrogen and oxygen atoms in total. The van der Waals surface area contributed by atoms with Gasteiger partial charge in [0.2, 0.25) is 0 Å². The Balaban J connectivity index is 1.73. The zero-order chi connectivity index (χ0) is 21.6. The van der Waals surface area contributed by atoms with Crippen LogP contribution in [0.15, 0.2) is 35.8 Å². The van der Waals surface area contributed by atoms with Gasteiger partial charge in [-0.2, -0.15) is 23.4 Å². The summed E-state index contributed by atoms with van der Waals surface area (Å²) in [6.07, 6.45) is -3.00. The molecule has 1 amide bonds. The summed E-state index contributed by atoms with van der Waals surface area (Å²) in [4.78, 5) is 19.1. The first-order chi connectivity index (χ1) is 14.1. The maximum atomic E-state index is 13.7. The summed E-state index contributed by atoms with van der Waals surface area (Å²) in [6, 6.07) is 5.65. The zero-order valence-corrected chi connectivity index (χ0v) is 17.1. The molecule has 0 spiro atoms. The van der Waals surface area contributed by atoms with Crippen LogP contribution in [0.25, 0.3) is 16.2 Å². The van der Waals surface area contributed by atoms with E-state index in [4.69, 9.17) is 0 Å². The maximum Gasteiger partial charge on any atom is 0.433 e. The third-order valence-electron chi connectivity index (χ3n) is 4.80. The molecule has 30 heavy (non-hydrogen) atoms. The molecular formula is C19H17F3N6OS. The second-order valence-electron chi connectivity index (χ2n) is 6.84. The smallest absolute Gasteiger partial charge is 0.336 e. The van der Waals surface area contributed by atoms with Gasteiger partial charge in [0.05, 0.1) is 16.8 Å². The van der Waals surface area contributed by atoms with E-state index in [0.29, 0.717) is 9.39 Å². The van der Waals surface area contributed by atoms with Gasteiger partial charge < -0.3 is 4.90 Å². The van der Waals surface area contributed by atoms with Crippen LogP contribution >= 0.6 is 11.3 Å². The molecule has 4 heterocycles. The number of hydrogen-bond acceptors (Lipinski definition) is 5. The lowest BCUT2D eigenvalue weighted by Crippen LogP contribution is -2.27. The summed E-state index contributed by atoms with van der Waals surface area (Å²) in [6.45, 7) is 2.13. The van der Waals surface area contributed by atoms with Crippen LogP contribution in [-0.2, 0) is 19.8 Å². The molecule has 0 aromatic carbocycles. The summed E-state index contributed by atoms with van der Waals surface area (Å²) in [7, 11) is 3.35. The third kappa shape index (κ3) is 3.56. The highest BCUT2D eigenvalue weighted by Crippen LogP contribution is 2.33. The van der Waals surface area contributed by atoms with Crippen molar-refractivity contribution in [3.05, 3.63) is 58.5 Å². The predicted molar refractivity (Wildman–Crippen MR) is 105 cm³/mol. The van der Waals surface area contributed by atoms with Crippen molar-refractivity contribution in [2.24, 2.45) is 7.05 Å². The molecule has 0 saturated heterocycles. The summed E-state index contributed by atoms with van der Waals surface area (Å²) in [5, 5.41) is 9.81. The van der Waals surface area contributed by atoms with Crippen molar-refractivity contribution < 1.29 is 18.0 Å². The van der Waals surface area contributed by atoms with E-state index in [1.54, 1.807) is 42.5 Å². The van der Waals surface area contributed by atoms with Crippen LogP contribution in [0.3, 0.4) is 0 Å². The van der Waals surface area contributed by atoms with Gasteiger partial charge in [0, 0.05) is 38.0 Å². The predicted octanol–water partition coefficient (Wildman–Crippen LogP) is 3.79. The highest BCUT2D eigenvalue weighted by atomic mass is 32.1. The lowest BCUT2D eigenvalue weighted by atomic mass is 10.2. The molecule has 0 unspecified atom stereocenters. The largest absolute Gasteiger partial charge is 0.433 e. The van der Waals surface area contributed by atoms with Crippen molar-refractivity contribution in [2.75, 3.05) is 7.05 Å². The topological polar surface area (TPSA) is 68.3 Å². The van der Waals surface area contributed by atoms with Gasteiger partial charge in [0.15, 0.2) is 17.0 Å². The number of alkyl halides is 3. The molecule has 0 aliphatic rings. The Bertz CT molecular complexity index is 1230. The van der Waals surface area contributed by atoms with E-state index in [2.05, 4.69) is 15.2 Å². The number of nitrogens with zero attached hydrogens (tertiary/aromatic N) is 6. The Kier molecular flexibility index (Phi) is 4.85. The molecule has 0 fully saturated rings. The van der Waals surface area contributed by atoms with Crippen molar-refractivity contribution in [1.82, 2.24) is 29.3 Å². The lowest BCUT2D eigenvalue weighted by molar-refractivity contribution is -0.142. The van der Waals surface area contributed by atoms with Gasteiger partial charge >= 0.3 is 6.18 Å². The van der Waals surface area contributed by atoms with Gasteiger partial charge in [-0.3, -0.25) is 9.48 Å². The Hall–Kier alpha value is -3.21. The van der Waals surface area contributed by atoms with Crippen LogP contribution < -0.4 is 0 Å². The fraction of sp³-hybridized carbons (Fsp3) is 0.263. The molecule has 0 atom stereocenters. The van der Waals surface area contributed by atoms with Crippen LogP contribution in [0, 0.1) is 6.92 Å². The number of carbonyl (C=O) groups excluding carboxylic acids is 1. The van der Waals surface area contributed by atoms with Crippen molar-refractivity contribution in [3.63, 3.8) is 0 Å². The number of halogens is 3.